The summed E-state index contributed by atoms with van der Waals surface area (Å²) in [6.45, 7) is 0.822. The Labute approximate surface area is 155 Å². The Hall–Kier alpha value is -0.760. The van der Waals surface area contributed by atoms with Crippen molar-refractivity contribution in [2.24, 2.45) is 5.92 Å². The fourth-order valence-corrected chi connectivity index (χ4v) is 2.62. The van der Waals surface area contributed by atoms with E-state index in [-0.39, 0.29) is 18.2 Å². The van der Waals surface area contributed by atoms with Crippen molar-refractivity contribution in [1.82, 2.24) is 0 Å². The first-order valence-electron chi connectivity index (χ1n) is 6.80. The third-order valence-corrected chi connectivity index (χ3v) is 3.85. The number of aliphatic hydroxyl groups is 1. The van der Waals surface area contributed by atoms with Crippen LogP contribution in [0.25, 0.3) is 0 Å². The van der Waals surface area contributed by atoms with Crippen LogP contribution in [-0.4, -0.2) is 22.0 Å². The monoisotopic (exact) mass is 510 g/mol. The van der Waals surface area contributed by atoms with Gasteiger partial charge in [0.15, 0.2) is 6.10 Å². The minimum atomic E-state index is -5.18. The molecule has 12 heteroatoms. The fraction of sp³-hybridized carbons (Fsp3) is 0.571. The van der Waals surface area contributed by atoms with Crippen molar-refractivity contribution in [3.05, 3.63) is 34.9 Å². The molecule has 3 atom stereocenters. The van der Waals surface area contributed by atoms with Gasteiger partial charge in [0, 0.05) is 5.92 Å². The van der Waals surface area contributed by atoms with E-state index in [0.29, 0.717) is 0 Å². The molecule has 1 N–H and O–H groups in total. The molecule has 1 aromatic rings. The first-order valence-corrected chi connectivity index (χ1v) is 8.33. The topological polar surface area (TPSA) is 29.5 Å². The zero-order chi connectivity index (χ0) is 20.5. The van der Waals surface area contributed by atoms with E-state index < -0.39 is 58.0 Å². The normalized spacial score (nSPS) is 17.1. The van der Waals surface area contributed by atoms with Gasteiger partial charge in [-0.2, -0.15) is 39.5 Å². The Morgan fingerprint density at radius 2 is 1.35 bits per heavy atom. The molecule has 0 aliphatic heterocycles. The predicted octanol–water partition coefficient (Wildman–Crippen LogP) is 5.73. The first-order chi connectivity index (χ1) is 11.6. The first kappa shape index (κ1) is 23.3. The van der Waals surface area contributed by atoms with Gasteiger partial charge in [0.1, 0.15) is 0 Å². The van der Waals surface area contributed by atoms with Gasteiger partial charge in [-0.05, 0) is 23.8 Å². The lowest BCUT2D eigenvalue weighted by Gasteiger charge is -2.30. The molecule has 3 unspecified atom stereocenters. The van der Waals surface area contributed by atoms with Gasteiger partial charge in [-0.25, -0.2) is 0 Å². The molecular formula is C14H12F9IO2. The van der Waals surface area contributed by atoms with Crippen LogP contribution in [0.2, 0.25) is 0 Å². The zero-order valence-corrected chi connectivity index (χ0v) is 15.0. The fourth-order valence-electron chi connectivity index (χ4n) is 2.23. The van der Waals surface area contributed by atoms with Gasteiger partial charge in [0.05, 0.1) is 21.8 Å². The molecular weight excluding hydrogens is 498 g/mol. The molecule has 0 heterocycles. The van der Waals surface area contributed by atoms with Crippen LogP contribution in [-0.2, 0) is 17.1 Å². The molecule has 1 aromatic carbocycles. The Kier molecular flexibility index (Phi) is 7.24. The highest BCUT2D eigenvalue weighted by Crippen LogP contribution is 2.40. The predicted molar refractivity (Wildman–Crippen MR) is 80.4 cm³/mol. The van der Waals surface area contributed by atoms with Gasteiger partial charge >= 0.3 is 18.5 Å². The molecule has 0 radical (unpaired) electrons. The maximum atomic E-state index is 13.0. The summed E-state index contributed by atoms with van der Waals surface area (Å²) in [5.41, 5.74) is -4.40. The van der Waals surface area contributed by atoms with E-state index in [4.69, 9.17) is 0 Å². The van der Waals surface area contributed by atoms with E-state index in [1.807, 2.05) is 0 Å². The van der Waals surface area contributed by atoms with Gasteiger partial charge in [-0.15, -0.1) is 0 Å². The highest BCUT2D eigenvalue weighted by molar-refractivity contribution is 14.1. The highest BCUT2D eigenvalue weighted by atomic mass is 127. The molecule has 0 fully saturated rings. The van der Waals surface area contributed by atoms with Gasteiger partial charge in [0.25, 0.3) is 0 Å². The van der Waals surface area contributed by atoms with E-state index in [1.165, 1.54) is 22.6 Å². The van der Waals surface area contributed by atoms with Crippen LogP contribution in [0.1, 0.15) is 29.7 Å². The Morgan fingerprint density at radius 1 is 0.923 bits per heavy atom. The molecule has 0 saturated carbocycles. The quantitative estimate of drug-likeness (QED) is 0.312. The van der Waals surface area contributed by atoms with E-state index >= 15 is 0 Å². The van der Waals surface area contributed by atoms with Crippen molar-refractivity contribution in [3.8, 4) is 0 Å². The second-order valence-electron chi connectivity index (χ2n) is 5.38. The average molecular weight is 510 g/mol. The van der Waals surface area contributed by atoms with Crippen molar-refractivity contribution in [1.29, 1.82) is 0 Å². The SMILES string of the molecule is CC(C(O)c1cc(C(F)(F)F)cc(C(F)(F)F)c1)C(OCI)C(F)(F)F. The molecule has 2 nitrogen and oxygen atoms in total. The zero-order valence-electron chi connectivity index (χ0n) is 12.8. The number of alkyl halides is 10. The number of ether oxygens (including phenoxy) is 1. The van der Waals surface area contributed by atoms with E-state index in [2.05, 4.69) is 4.74 Å². The lowest BCUT2D eigenvalue weighted by atomic mass is 9.90. The van der Waals surface area contributed by atoms with Crippen LogP contribution in [0.3, 0.4) is 0 Å². The maximum absolute atomic E-state index is 13.0. The number of benzene rings is 1. The number of halogens is 10. The number of hydrogen-bond acceptors (Lipinski definition) is 2. The number of rotatable bonds is 5. The summed E-state index contributed by atoms with van der Waals surface area (Å²) >= 11 is 1.44. The summed E-state index contributed by atoms with van der Waals surface area (Å²) in [4.78, 5) is 0. The van der Waals surface area contributed by atoms with Crippen LogP contribution >= 0.6 is 22.6 Å². The van der Waals surface area contributed by atoms with Crippen molar-refractivity contribution in [2.45, 2.75) is 37.7 Å². The minimum Gasteiger partial charge on any atom is -0.388 e. The van der Waals surface area contributed by atoms with Crippen LogP contribution in [0.15, 0.2) is 18.2 Å². The maximum Gasteiger partial charge on any atom is 0.416 e. The molecule has 0 saturated heterocycles. The average Bonchev–Trinajstić information content (AvgIpc) is 2.48. The Morgan fingerprint density at radius 3 is 1.65 bits per heavy atom. The molecule has 0 aromatic heterocycles. The molecule has 0 aliphatic carbocycles. The summed E-state index contributed by atoms with van der Waals surface area (Å²) in [6, 6.07) is 0.200. The smallest absolute Gasteiger partial charge is 0.388 e. The molecule has 26 heavy (non-hydrogen) atoms. The lowest BCUT2D eigenvalue weighted by molar-refractivity contribution is -0.237. The molecule has 0 bridgehead atoms. The van der Waals surface area contributed by atoms with Gasteiger partial charge in [-0.1, -0.05) is 29.5 Å². The van der Waals surface area contributed by atoms with Crippen molar-refractivity contribution < 1.29 is 49.4 Å². The van der Waals surface area contributed by atoms with Crippen LogP contribution in [0.5, 0.6) is 0 Å². The summed E-state index contributed by atoms with van der Waals surface area (Å²) in [6.07, 6.45) is -20.2. The Bertz CT molecular complexity index is 578. The highest BCUT2D eigenvalue weighted by Gasteiger charge is 2.47. The third kappa shape index (κ3) is 5.87. The minimum absolute atomic E-state index is 0.177. The molecule has 0 spiro atoms. The molecule has 0 amide bonds. The number of aliphatic hydroxyl groups excluding tert-OH is 1. The van der Waals surface area contributed by atoms with Crippen LogP contribution < -0.4 is 0 Å². The van der Waals surface area contributed by atoms with Crippen molar-refractivity contribution >= 4 is 22.6 Å². The van der Waals surface area contributed by atoms with Crippen LogP contribution in [0.4, 0.5) is 39.5 Å². The lowest BCUT2D eigenvalue weighted by Crippen LogP contribution is -2.39. The second-order valence-corrected chi connectivity index (χ2v) is 6.00. The summed E-state index contributed by atoms with van der Waals surface area (Å²) in [5, 5.41) is 10.0. The van der Waals surface area contributed by atoms with Crippen molar-refractivity contribution in [3.63, 3.8) is 0 Å². The van der Waals surface area contributed by atoms with Gasteiger partial charge in [0.2, 0.25) is 0 Å². The van der Waals surface area contributed by atoms with E-state index in [1.54, 1.807) is 0 Å². The summed E-state index contributed by atoms with van der Waals surface area (Å²) < 4.78 is 120. The van der Waals surface area contributed by atoms with Crippen LogP contribution in [0, 0.1) is 5.92 Å². The van der Waals surface area contributed by atoms with Gasteiger partial charge < -0.3 is 9.84 Å². The Balaban J connectivity index is 3.39. The molecule has 1 rings (SSSR count). The standard InChI is InChI=1S/C14H12F9IO2/c1-6(11(26-5-24)14(21,22)23)10(25)7-2-8(12(15,16)17)4-9(3-7)13(18,19)20/h2-4,6,10-11,25H,5H2,1H3. The van der Waals surface area contributed by atoms with Crippen molar-refractivity contribution in [2.75, 3.05) is 4.61 Å². The molecule has 150 valence electrons. The summed E-state index contributed by atoms with van der Waals surface area (Å²) in [5.74, 6) is -1.85. The molecule has 0 aliphatic rings. The summed E-state index contributed by atoms with van der Waals surface area (Å²) in [7, 11) is 0. The number of hydrogen-bond donors (Lipinski definition) is 1. The second kappa shape index (κ2) is 8.09. The van der Waals surface area contributed by atoms with E-state index in [9.17, 15) is 44.6 Å². The third-order valence-electron chi connectivity index (χ3n) is 3.49. The van der Waals surface area contributed by atoms with E-state index in [0.717, 1.165) is 6.92 Å². The largest absolute Gasteiger partial charge is 0.416 e. The van der Waals surface area contributed by atoms with Gasteiger partial charge in [-0.3, -0.25) is 0 Å².